The predicted octanol–water partition coefficient (Wildman–Crippen LogP) is 5.98. The summed E-state index contributed by atoms with van der Waals surface area (Å²) in [5, 5.41) is 2.75. The standard InChI is InChI=1S/C19H37NO.C2H7N.ClH/c1-5-7-8-9-10-11-12-13-14-15-17-20(16-6-2)19(21)18(3)4;1-3-2;/h3,5-17H2,1-2,4H3;3H,1-2H3;1H. The van der Waals surface area contributed by atoms with Crippen LogP contribution in [0.1, 0.15) is 91.4 Å². The van der Waals surface area contributed by atoms with Crippen LogP contribution in [0.15, 0.2) is 12.2 Å². The van der Waals surface area contributed by atoms with E-state index in [9.17, 15) is 4.79 Å². The van der Waals surface area contributed by atoms with E-state index in [0.29, 0.717) is 5.57 Å². The Kier molecular flexibility index (Phi) is 27.4. The molecule has 0 atom stereocenters. The first-order chi connectivity index (χ1) is 11.5. The van der Waals surface area contributed by atoms with Gasteiger partial charge < -0.3 is 10.2 Å². The molecular weight excluding hydrogens is 332 g/mol. The molecule has 1 amide bonds. The number of carbonyl (C=O) groups is 1. The molecule has 0 saturated carbocycles. The van der Waals surface area contributed by atoms with Crippen molar-refractivity contribution in [1.82, 2.24) is 10.2 Å². The molecule has 0 aromatic heterocycles. The molecule has 0 aliphatic rings. The Morgan fingerprint density at radius 2 is 1.20 bits per heavy atom. The van der Waals surface area contributed by atoms with Gasteiger partial charge in [-0.15, -0.1) is 12.4 Å². The zero-order valence-corrected chi connectivity index (χ0v) is 18.5. The number of hydrogen-bond acceptors (Lipinski definition) is 2. The van der Waals surface area contributed by atoms with Gasteiger partial charge in [0.25, 0.3) is 0 Å². The minimum Gasteiger partial charge on any atom is -0.339 e. The summed E-state index contributed by atoms with van der Waals surface area (Å²) in [5.74, 6) is 0.132. The quantitative estimate of drug-likeness (QED) is 0.298. The Hall–Kier alpha value is -0.540. The number of amides is 1. The Bertz CT molecular complexity index is 296. The van der Waals surface area contributed by atoms with Crippen molar-refractivity contribution in [2.45, 2.75) is 91.4 Å². The average Bonchev–Trinajstić information content (AvgIpc) is 2.55. The zero-order chi connectivity index (χ0) is 18.6. The molecule has 1 N–H and O–H groups in total. The summed E-state index contributed by atoms with van der Waals surface area (Å²) in [5.41, 5.74) is 0.663. The summed E-state index contributed by atoms with van der Waals surface area (Å²) in [6.07, 6.45) is 14.4. The molecule has 0 heterocycles. The number of nitrogens with one attached hydrogen (secondary N) is 1. The Labute approximate surface area is 164 Å². The van der Waals surface area contributed by atoms with Crippen molar-refractivity contribution in [3.8, 4) is 0 Å². The van der Waals surface area contributed by atoms with Gasteiger partial charge in [0.15, 0.2) is 0 Å². The topological polar surface area (TPSA) is 32.3 Å². The molecule has 0 rings (SSSR count). The van der Waals surface area contributed by atoms with E-state index in [0.717, 1.165) is 25.9 Å². The summed E-state index contributed by atoms with van der Waals surface area (Å²) in [6, 6.07) is 0. The number of carbonyl (C=O) groups excluding carboxylic acids is 1. The maximum atomic E-state index is 12.0. The lowest BCUT2D eigenvalue weighted by Gasteiger charge is -2.22. The fourth-order valence-electron chi connectivity index (χ4n) is 2.64. The summed E-state index contributed by atoms with van der Waals surface area (Å²) >= 11 is 0. The maximum absolute atomic E-state index is 12.0. The number of rotatable bonds is 14. The van der Waals surface area contributed by atoms with E-state index < -0.39 is 0 Å². The second kappa shape index (κ2) is 23.5. The van der Waals surface area contributed by atoms with Gasteiger partial charge in [0.2, 0.25) is 5.91 Å². The lowest BCUT2D eigenvalue weighted by molar-refractivity contribution is -0.127. The number of hydrogen-bond donors (Lipinski definition) is 1. The molecule has 3 nitrogen and oxygen atoms in total. The number of nitrogens with zero attached hydrogens (tertiary/aromatic N) is 1. The molecule has 0 fully saturated rings. The van der Waals surface area contributed by atoms with Gasteiger partial charge in [-0.05, 0) is 33.9 Å². The molecule has 0 spiro atoms. The van der Waals surface area contributed by atoms with Gasteiger partial charge in [0.05, 0.1) is 0 Å². The third-order valence-electron chi connectivity index (χ3n) is 3.93. The molecule has 0 aliphatic carbocycles. The number of unbranched alkanes of at least 4 members (excludes halogenated alkanes) is 9. The van der Waals surface area contributed by atoms with Crippen LogP contribution in [0.4, 0.5) is 0 Å². The first-order valence-corrected chi connectivity index (χ1v) is 10.1. The van der Waals surface area contributed by atoms with Crippen LogP contribution in [0.5, 0.6) is 0 Å². The van der Waals surface area contributed by atoms with E-state index in [1.54, 1.807) is 0 Å². The van der Waals surface area contributed by atoms with Gasteiger partial charge in [0, 0.05) is 18.7 Å². The van der Waals surface area contributed by atoms with Gasteiger partial charge in [-0.2, -0.15) is 0 Å². The van der Waals surface area contributed by atoms with Crippen LogP contribution in [-0.2, 0) is 4.79 Å². The summed E-state index contributed by atoms with van der Waals surface area (Å²) in [6.45, 7) is 11.7. The molecule has 25 heavy (non-hydrogen) atoms. The molecule has 0 bridgehead atoms. The van der Waals surface area contributed by atoms with Gasteiger partial charge in [-0.25, -0.2) is 0 Å². The minimum atomic E-state index is 0. The van der Waals surface area contributed by atoms with Gasteiger partial charge >= 0.3 is 0 Å². The highest BCUT2D eigenvalue weighted by molar-refractivity contribution is 5.92. The summed E-state index contributed by atoms with van der Waals surface area (Å²) < 4.78 is 0. The molecule has 0 saturated heterocycles. The van der Waals surface area contributed by atoms with Crippen LogP contribution in [0, 0.1) is 0 Å². The summed E-state index contributed by atoms with van der Waals surface area (Å²) in [4.78, 5) is 13.9. The minimum absolute atomic E-state index is 0. The van der Waals surface area contributed by atoms with E-state index in [4.69, 9.17) is 0 Å². The lowest BCUT2D eigenvalue weighted by atomic mass is 10.1. The van der Waals surface area contributed by atoms with Gasteiger partial charge in [-0.3, -0.25) is 4.79 Å². The fraction of sp³-hybridized carbons (Fsp3) is 0.857. The molecular formula is C21H45ClN2O. The zero-order valence-electron chi connectivity index (χ0n) is 17.7. The maximum Gasteiger partial charge on any atom is 0.248 e. The van der Waals surface area contributed by atoms with Crippen molar-refractivity contribution in [3.05, 3.63) is 12.2 Å². The SMILES string of the molecule is C=C(C)C(=O)N(CCC)CCCCCCCCCCCC.CNC.Cl. The van der Waals surface area contributed by atoms with Crippen LogP contribution in [-0.4, -0.2) is 38.0 Å². The predicted molar refractivity (Wildman–Crippen MR) is 116 cm³/mol. The van der Waals surface area contributed by atoms with E-state index >= 15 is 0 Å². The van der Waals surface area contributed by atoms with Crippen molar-refractivity contribution < 1.29 is 4.79 Å². The molecule has 4 heteroatoms. The van der Waals surface area contributed by atoms with Crippen LogP contribution in [0.3, 0.4) is 0 Å². The second-order valence-corrected chi connectivity index (χ2v) is 6.75. The van der Waals surface area contributed by atoms with Crippen molar-refractivity contribution in [3.63, 3.8) is 0 Å². The molecule has 0 aliphatic heterocycles. The lowest BCUT2D eigenvalue weighted by Crippen LogP contribution is -2.33. The van der Waals surface area contributed by atoms with Crippen LogP contribution < -0.4 is 5.32 Å². The van der Waals surface area contributed by atoms with E-state index in [1.807, 2.05) is 25.9 Å². The second-order valence-electron chi connectivity index (χ2n) is 6.75. The first-order valence-electron chi connectivity index (χ1n) is 10.1. The van der Waals surface area contributed by atoms with Gasteiger partial charge in [0.1, 0.15) is 0 Å². The normalized spacial score (nSPS) is 9.64. The van der Waals surface area contributed by atoms with E-state index in [2.05, 4.69) is 25.7 Å². The third-order valence-corrected chi connectivity index (χ3v) is 3.93. The van der Waals surface area contributed by atoms with Crippen molar-refractivity contribution in [1.29, 1.82) is 0 Å². The van der Waals surface area contributed by atoms with Crippen molar-refractivity contribution in [2.24, 2.45) is 0 Å². The monoisotopic (exact) mass is 376 g/mol. The Balaban J connectivity index is -0.00000112. The highest BCUT2D eigenvalue weighted by Crippen LogP contribution is 2.11. The first kappa shape index (κ1) is 29.2. The largest absolute Gasteiger partial charge is 0.339 e. The fourth-order valence-corrected chi connectivity index (χ4v) is 2.64. The highest BCUT2D eigenvalue weighted by atomic mass is 35.5. The average molecular weight is 377 g/mol. The molecule has 0 radical (unpaired) electrons. The van der Waals surface area contributed by atoms with Crippen molar-refractivity contribution >= 4 is 18.3 Å². The van der Waals surface area contributed by atoms with Gasteiger partial charge in [-0.1, -0.05) is 78.2 Å². The van der Waals surface area contributed by atoms with Crippen LogP contribution in [0.2, 0.25) is 0 Å². The highest BCUT2D eigenvalue weighted by Gasteiger charge is 2.12. The third kappa shape index (κ3) is 21.4. The smallest absolute Gasteiger partial charge is 0.248 e. The van der Waals surface area contributed by atoms with Crippen LogP contribution >= 0.6 is 12.4 Å². The van der Waals surface area contributed by atoms with Crippen LogP contribution in [0.25, 0.3) is 0 Å². The molecule has 0 aromatic carbocycles. The molecule has 152 valence electrons. The molecule has 0 aromatic rings. The number of halogens is 1. The van der Waals surface area contributed by atoms with E-state index in [-0.39, 0.29) is 18.3 Å². The van der Waals surface area contributed by atoms with E-state index in [1.165, 1.54) is 57.8 Å². The Morgan fingerprint density at radius 3 is 1.56 bits per heavy atom. The Morgan fingerprint density at radius 1 is 0.800 bits per heavy atom. The molecule has 0 unspecified atom stereocenters. The van der Waals surface area contributed by atoms with Crippen molar-refractivity contribution in [2.75, 3.05) is 27.2 Å². The summed E-state index contributed by atoms with van der Waals surface area (Å²) in [7, 11) is 3.75.